The number of halogens is 1. The minimum absolute atomic E-state index is 0.812. The molecule has 1 heterocycles. The van der Waals surface area contributed by atoms with Crippen LogP contribution in [0.5, 0.6) is 5.75 Å². The maximum atomic E-state index is 5.23. The summed E-state index contributed by atoms with van der Waals surface area (Å²) in [6.45, 7) is 0. The summed E-state index contributed by atoms with van der Waals surface area (Å²) >= 11 is 3.45. The SMILES string of the molecule is COc1ccc2c(c1)ncn2C(=CBr)c1ccccc1. The van der Waals surface area contributed by atoms with Crippen LogP contribution in [0.3, 0.4) is 0 Å². The van der Waals surface area contributed by atoms with E-state index in [1.807, 2.05) is 47.7 Å². The lowest BCUT2D eigenvalue weighted by Gasteiger charge is -2.09. The van der Waals surface area contributed by atoms with Gasteiger partial charge in [0.1, 0.15) is 12.1 Å². The van der Waals surface area contributed by atoms with Gasteiger partial charge in [0.15, 0.2) is 0 Å². The van der Waals surface area contributed by atoms with Crippen LogP contribution in [0, 0.1) is 0 Å². The number of rotatable bonds is 3. The Morgan fingerprint density at radius 1 is 1.20 bits per heavy atom. The van der Waals surface area contributed by atoms with Crippen molar-refractivity contribution in [3.8, 4) is 5.75 Å². The molecule has 0 aliphatic heterocycles. The van der Waals surface area contributed by atoms with Crippen LogP contribution in [0.25, 0.3) is 16.7 Å². The van der Waals surface area contributed by atoms with E-state index in [1.165, 1.54) is 0 Å². The van der Waals surface area contributed by atoms with Crippen molar-refractivity contribution in [1.29, 1.82) is 0 Å². The molecule has 3 aromatic rings. The monoisotopic (exact) mass is 328 g/mol. The second-order valence-electron chi connectivity index (χ2n) is 4.33. The number of ether oxygens (including phenoxy) is 1. The third-order valence-electron chi connectivity index (χ3n) is 3.19. The smallest absolute Gasteiger partial charge is 0.121 e. The maximum absolute atomic E-state index is 5.23. The zero-order valence-electron chi connectivity index (χ0n) is 11.0. The predicted octanol–water partition coefficient (Wildman–Crippen LogP) is 4.29. The van der Waals surface area contributed by atoms with Gasteiger partial charge in [-0.05, 0) is 17.7 Å². The lowest BCUT2D eigenvalue weighted by Crippen LogP contribution is -1.96. The third kappa shape index (κ3) is 2.23. The van der Waals surface area contributed by atoms with E-state index in [1.54, 1.807) is 7.11 Å². The van der Waals surface area contributed by atoms with Crippen LogP contribution in [0.2, 0.25) is 0 Å². The molecule has 20 heavy (non-hydrogen) atoms. The van der Waals surface area contributed by atoms with Crippen molar-refractivity contribution in [3.05, 3.63) is 65.4 Å². The summed E-state index contributed by atoms with van der Waals surface area (Å²) in [6, 6.07) is 16.1. The summed E-state index contributed by atoms with van der Waals surface area (Å²) in [6.07, 6.45) is 1.82. The molecule has 0 saturated carbocycles. The van der Waals surface area contributed by atoms with Crippen molar-refractivity contribution < 1.29 is 4.74 Å². The molecule has 0 N–H and O–H groups in total. The Hall–Kier alpha value is -2.07. The Kier molecular flexibility index (Phi) is 3.56. The summed E-state index contributed by atoms with van der Waals surface area (Å²) in [5, 5.41) is 0. The molecular weight excluding hydrogens is 316 g/mol. The zero-order valence-corrected chi connectivity index (χ0v) is 12.5. The van der Waals surface area contributed by atoms with E-state index in [2.05, 4.69) is 37.6 Å². The molecule has 0 aliphatic rings. The Morgan fingerprint density at radius 2 is 2.00 bits per heavy atom. The van der Waals surface area contributed by atoms with Crippen molar-refractivity contribution >= 4 is 32.7 Å². The molecule has 0 unspecified atom stereocenters. The molecule has 0 amide bonds. The molecule has 0 radical (unpaired) electrons. The Labute approximate surface area is 125 Å². The number of nitrogens with zero attached hydrogens (tertiary/aromatic N) is 2. The summed E-state index contributed by atoms with van der Waals surface area (Å²) in [7, 11) is 1.66. The van der Waals surface area contributed by atoms with Gasteiger partial charge in [-0.15, -0.1) is 0 Å². The van der Waals surface area contributed by atoms with Crippen LogP contribution in [0.4, 0.5) is 0 Å². The highest BCUT2D eigenvalue weighted by atomic mass is 79.9. The highest BCUT2D eigenvalue weighted by Crippen LogP contribution is 2.26. The molecular formula is C16H13BrN2O. The average Bonchev–Trinajstić information content (AvgIpc) is 2.92. The topological polar surface area (TPSA) is 27.1 Å². The summed E-state index contributed by atoms with van der Waals surface area (Å²) < 4.78 is 7.28. The number of hydrogen-bond donors (Lipinski definition) is 0. The molecule has 1 aromatic heterocycles. The van der Waals surface area contributed by atoms with E-state index in [9.17, 15) is 0 Å². The molecule has 0 aliphatic carbocycles. The second kappa shape index (κ2) is 5.51. The van der Waals surface area contributed by atoms with Crippen molar-refractivity contribution in [3.63, 3.8) is 0 Å². The first-order valence-electron chi connectivity index (χ1n) is 6.21. The standard InChI is InChI=1S/C16H13BrN2O/c1-20-13-7-8-15-14(9-13)18-11-19(15)16(10-17)12-5-3-2-4-6-12/h2-11H,1H3. The van der Waals surface area contributed by atoms with E-state index in [0.29, 0.717) is 0 Å². The number of methoxy groups -OCH3 is 1. The molecule has 0 atom stereocenters. The summed E-state index contributed by atoms with van der Waals surface area (Å²) in [5.74, 6) is 0.812. The summed E-state index contributed by atoms with van der Waals surface area (Å²) in [5.41, 5.74) is 4.12. The van der Waals surface area contributed by atoms with Gasteiger partial charge in [-0.2, -0.15) is 0 Å². The highest BCUT2D eigenvalue weighted by Gasteiger charge is 2.09. The lowest BCUT2D eigenvalue weighted by molar-refractivity contribution is 0.415. The fourth-order valence-electron chi connectivity index (χ4n) is 2.18. The first-order chi connectivity index (χ1) is 9.83. The van der Waals surface area contributed by atoms with Crippen LogP contribution < -0.4 is 4.74 Å². The van der Waals surface area contributed by atoms with Gasteiger partial charge in [-0.3, -0.25) is 4.57 Å². The molecule has 0 saturated heterocycles. The first-order valence-corrected chi connectivity index (χ1v) is 7.12. The third-order valence-corrected chi connectivity index (χ3v) is 3.62. The van der Waals surface area contributed by atoms with Gasteiger partial charge < -0.3 is 4.74 Å². The predicted molar refractivity (Wildman–Crippen MR) is 85.0 cm³/mol. The normalized spacial score (nSPS) is 11.8. The van der Waals surface area contributed by atoms with Gasteiger partial charge in [0.25, 0.3) is 0 Å². The highest BCUT2D eigenvalue weighted by molar-refractivity contribution is 9.11. The Bertz CT molecular complexity index is 763. The average molecular weight is 329 g/mol. The molecule has 100 valence electrons. The summed E-state index contributed by atoms with van der Waals surface area (Å²) in [4.78, 5) is 6.35. The lowest BCUT2D eigenvalue weighted by atomic mass is 10.1. The zero-order chi connectivity index (χ0) is 13.9. The largest absolute Gasteiger partial charge is 0.497 e. The Morgan fingerprint density at radius 3 is 2.70 bits per heavy atom. The number of aromatic nitrogens is 2. The molecule has 3 rings (SSSR count). The van der Waals surface area contributed by atoms with Crippen molar-refractivity contribution in [1.82, 2.24) is 9.55 Å². The minimum atomic E-state index is 0.812. The van der Waals surface area contributed by atoms with E-state index in [0.717, 1.165) is 28.0 Å². The van der Waals surface area contributed by atoms with Crippen LogP contribution in [-0.2, 0) is 0 Å². The second-order valence-corrected chi connectivity index (χ2v) is 4.79. The fourth-order valence-corrected chi connectivity index (χ4v) is 2.66. The van der Waals surface area contributed by atoms with Gasteiger partial charge in [0.05, 0.1) is 23.8 Å². The van der Waals surface area contributed by atoms with Gasteiger partial charge in [-0.1, -0.05) is 46.3 Å². The van der Waals surface area contributed by atoms with Crippen LogP contribution >= 0.6 is 15.9 Å². The van der Waals surface area contributed by atoms with Crippen molar-refractivity contribution in [2.75, 3.05) is 7.11 Å². The number of hydrogen-bond acceptors (Lipinski definition) is 2. The van der Waals surface area contributed by atoms with Gasteiger partial charge >= 0.3 is 0 Å². The van der Waals surface area contributed by atoms with E-state index in [4.69, 9.17) is 4.74 Å². The van der Waals surface area contributed by atoms with Crippen molar-refractivity contribution in [2.45, 2.75) is 0 Å². The molecule has 3 nitrogen and oxygen atoms in total. The van der Waals surface area contributed by atoms with Crippen LogP contribution in [0.1, 0.15) is 5.56 Å². The van der Waals surface area contributed by atoms with Gasteiger partial charge in [0, 0.05) is 11.1 Å². The molecule has 0 spiro atoms. The van der Waals surface area contributed by atoms with Crippen LogP contribution in [0.15, 0.2) is 59.8 Å². The first kappa shape index (κ1) is 12.9. The van der Waals surface area contributed by atoms with Crippen LogP contribution in [-0.4, -0.2) is 16.7 Å². The molecule has 0 fully saturated rings. The van der Waals surface area contributed by atoms with E-state index < -0.39 is 0 Å². The quantitative estimate of drug-likeness (QED) is 0.717. The van der Waals surface area contributed by atoms with Gasteiger partial charge in [0.2, 0.25) is 0 Å². The van der Waals surface area contributed by atoms with Crippen molar-refractivity contribution in [2.24, 2.45) is 0 Å². The molecule has 0 bridgehead atoms. The van der Waals surface area contributed by atoms with E-state index in [-0.39, 0.29) is 0 Å². The number of fused-ring (bicyclic) bond motifs is 1. The number of imidazole rings is 1. The fraction of sp³-hybridized carbons (Fsp3) is 0.0625. The minimum Gasteiger partial charge on any atom is -0.497 e. The maximum Gasteiger partial charge on any atom is 0.121 e. The number of benzene rings is 2. The molecule has 4 heteroatoms. The van der Waals surface area contributed by atoms with E-state index >= 15 is 0 Å². The molecule has 2 aromatic carbocycles. The van der Waals surface area contributed by atoms with Gasteiger partial charge in [-0.25, -0.2) is 4.98 Å². The Balaban J connectivity index is 2.14.